The first-order chi connectivity index (χ1) is 10.6. The lowest BCUT2D eigenvalue weighted by Gasteiger charge is -2.07. The SMILES string of the molecule is Cn1c(=O)n(CCCc2ccccc2)c(=O)c2[nH]c(Cl)nc21. The van der Waals surface area contributed by atoms with Gasteiger partial charge >= 0.3 is 5.69 Å². The third-order valence-corrected chi connectivity index (χ3v) is 3.82. The highest BCUT2D eigenvalue weighted by molar-refractivity contribution is 6.28. The maximum absolute atomic E-state index is 12.4. The molecule has 0 saturated heterocycles. The van der Waals surface area contributed by atoms with E-state index in [0.717, 1.165) is 6.42 Å². The summed E-state index contributed by atoms with van der Waals surface area (Å²) in [6, 6.07) is 9.95. The third kappa shape index (κ3) is 2.57. The average Bonchev–Trinajstić information content (AvgIpc) is 2.92. The molecule has 114 valence electrons. The van der Waals surface area contributed by atoms with E-state index in [1.165, 1.54) is 14.7 Å². The molecule has 0 atom stereocenters. The van der Waals surface area contributed by atoms with Crippen molar-refractivity contribution in [1.82, 2.24) is 19.1 Å². The summed E-state index contributed by atoms with van der Waals surface area (Å²) in [4.78, 5) is 31.3. The Morgan fingerprint density at radius 2 is 1.95 bits per heavy atom. The Labute approximate surface area is 131 Å². The molecule has 0 radical (unpaired) electrons. The van der Waals surface area contributed by atoms with Crippen molar-refractivity contribution in [3.8, 4) is 0 Å². The number of aromatic amines is 1. The number of nitrogens with zero attached hydrogens (tertiary/aromatic N) is 3. The molecule has 7 heteroatoms. The number of fused-ring (bicyclic) bond motifs is 1. The van der Waals surface area contributed by atoms with Crippen LogP contribution in [0.2, 0.25) is 5.28 Å². The van der Waals surface area contributed by atoms with Crippen molar-refractivity contribution in [2.24, 2.45) is 7.05 Å². The van der Waals surface area contributed by atoms with Gasteiger partial charge in [-0.05, 0) is 30.0 Å². The van der Waals surface area contributed by atoms with Gasteiger partial charge in [0.15, 0.2) is 11.2 Å². The van der Waals surface area contributed by atoms with Crippen LogP contribution in [0, 0.1) is 0 Å². The molecule has 0 aliphatic rings. The predicted octanol–water partition coefficient (Wildman–Crippen LogP) is 1.71. The van der Waals surface area contributed by atoms with E-state index in [2.05, 4.69) is 9.97 Å². The number of H-pyrrole nitrogens is 1. The van der Waals surface area contributed by atoms with Crippen molar-refractivity contribution >= 4 is 22.8 Å². The van der Waals surface area contributed by atoms with Gasteiger partial charge in [-0.15, -0.1) is 0 Å². The molecule has 6 nitrogen and oxygen atoms in total. The molecule has 3 rings (SSSR count). The Bertz CT molecular complexity index is 924. The van der Waals surface area contributed by atoms with Crippen LogP contribution >= 0.6 is 11.6 Å². The van der Waals surface area contributed by atoms with Crippen LogP contribution < -0.4 is 11.2 Å². The number of aryl methyl sites for hydroxylation is 2. The normalized spacial score (nSPS) is 11.2. The molecule has 2 aromatic heterocycles. The Balaban J connectivity index is 1.91. The van der Waals surface area contributed by atoms with Gasteiger partial charge in [-0.2, -0.15) is 4.98 Å². The van der Waals surface area contributed by atoms with Crippen molar-refractivity contribution in [3.63, 3.8) is 0 Å². The van der Waals surface area contributed by atoms with E-state index in [-0.39, 0.29) is 27.7 Å². The van der Waals surface area contributed by atoms with Gasteiger partial charge in [0.25, 0.3) is 5.56 Å². The molecule has 1 N–H and O–H groups in total. The van der Waals surface area contributed by atoms with Gasteiger partial charge in [0, 0.05) is 13.6 Å². The summed E-state index contributed by atoms with van der Waals surface area (Å²) in [5, 5.41) is 0.101. The topological polar surface area (TPSA) is 72.7 Å². The Morgan fingerprint density at radius 1 is 1.23 bits per heavy atom. The highest BCUT2D eigenvalue weighted by atomic mass is 35.5. The summed E-state index contributed by atoms with van der Waals surface area (Å²) in [7, 11) is 1.58. The highest BCUT2D eigenvalue weighted by Gasteiger charge is 2.14. The maximum Gasteiger partial charge on any atom is 0.332 e. The van der Waals surface area contributed by atoms with E-state index in [1.54, 1.807) is 7.05 Å². The van der Waals surface area contributed by atoms with Gasteiger partial charge in [-0.3, -0.25) is 13.9 Å². The van der Waals surface area contributed by atoms with Crippen molar-refractivity contribution in [2.75, 3.05) is 0 Å². The molecule has 3 aromatic rings. The maximum atomic E-state index is 12.4. The number of hydrogen-bond acceptors (Lipinski definition) is 3. The zero-order chi connectivity index (χ0) is 15.7. The van der Waals surface area contributed by atoms with Crippen LogP contribution in [0.5, 0.6) is 0 Å². The molecule has 0 fully saturated rings. The van der Waals surface area contributed by atoms with E-state index >= 15 is 0 Å². The quantitative estimate of drug-likeness (QED) is 0.744. The highest BCUT2D eigenvalue weighted by Crippen LogP contribution is 2.08. The van der Waals surface area contributed by atoms with Gasteiger partial charge in [0.05, 0.1) is 0 Å². The Hall–Kier alpha value is -2.34. The van der Waals surface area contributed by atoms with E-state index in [1.807, 2.05) is 30.3 Å². The number of aromatic nitrogens is 4. The minimum absolute atomic E-state index is 0.101. The molecule has 0 aliphatic carbocycles. The van der Waals surface area contributed by atoms with Gasteiger partial charge in [0.1, 0.15) is 0 Å². The lowest BCUT2D eigenvalue weighted by molar-refractivity contribution is 0.572. The first-order valence-electron chi connectivity index (χ1n) is 6.97. The number of hydrogen-bond donors (Lipinski definition) is 1. The van der Waals surface area contributed by atoms with Crippen LogP contribution in [-0.4, -0.2) is 19.1 Å². The van der Waals surface area contributed by atoms with Gasteiger partial charge in [-0.25, -0.2) is 4.79 Å². The summed E-state index contributed by atoms with van der Waals surface area (Å²) in [5.41, 5.74) is 0.948. The predicted molar refractivity (Wildman–Crippen MR) is 85.4 cm³/mol. The molecular weight excluding hydrogens is 304 g/mol. The van der Waals surface area contributed by atoms with E-state index in [9.17, 15) is 9.59 Å². The molecule has 0 bridgehead atoms. The Kier molecular flexibility index (Phi) is 3.85. The van der Waals surface area contributed by atoms with Gasteiger partial charge < -0.3 is 4.98 Å². The van der Waals surface area contributed by atoms with Crippen LogP contribution in [0.4, 0.5) is 0 Å². The minimum Gasteiger partial charge on any atom is -0.323 e. The summed E-state index contributed by atoms with van der Waals surface area (Å²) >= 11 is 5.79. The fourth-order valence-corrected chi connectivity index (χ4v) is 2.68. The van der Waals surface area contributed by atoms with Crippen LogP contribution in [0.1, 0.15) is 12.0 Å². The molecule has 0 saturated carbocycles. The average molecular weight is 319 g/mol. The lowest BCUT2D eigenvalue weighted by Crippen LogP contribution is -2.39. The zero-order valence-corrected chi connectivity index (χ0v) is 12.8. The summed E-state index contributed by atoms with van der Waals surface area (Å²) in [5.74, 6) is 0. The zero-order valence-electron chi connectivity index (χ0n) is 12.0. The summed E-state index contributed by atoms with van der Waals surface area (Å²) in [6.45, 7) is 0.354. The molecule has 22 heavy (non-hydrogen) atoms. The molecular formula is C15H15ClN4O2. The van der Waals surface area contributed by atoms with Crippen LogP contribution in [0.15, 0.2) is 39.9 Å². The molecule has 1 aromatic carbocycles. The second-order valence-electron chi connectivity index (χ2n) is 5.11. The van der Waals surface area contributed by atoms with E-state index < -0.39 is 0 Å². The Morgan fingerprint density at radius 3 is 2.68 bits per heavy atom. The smallest absolute Gasteiger partial charge is 0.323 e. The standard InChI is InChI=1S/C15H15ClN4O2/c1-19-12-11(17-14(16)18-12)13(21)20(15(19)22)9-5-8-10-6-3-2-4-7-10/h2-4,6-7H,5,8-9H2,1H3,(H,17,18). The van der Waals surface area contributed by atoms with Crippen LogP contribution in [-0.2, 0) is 20.0 Å². The third-order valence-electron chi connectivity index (χ3n) is 3.64. The van der Waals surface area contributed by atoms with E-state index in [4.69, 9.17) is 11.6 Å². The monoisotopic (exact) mass is 318 g/mol. The summed E-state index contributed by atoms with van der Waals surface area (Å²) < 4.78 is 2.56. The number of imidazole rings is 1. The number of rotatable bonds is 4. The fourth-order valence-electron chi connectivity index (χ4n) is 2.50. The van der Waals surface area contributed by atoms with Crippen LogP contribution in [0.3, 0.4) is 0 Å². The fraction of sp³-hybridized carbons (Fsp3) is 0.267. The van der Waals surface area contributed by atoms with Crippen molar-refractivity contribution in [3.05, 3.63) is 62.0 Å². The van der Waals surface area contributed by atoms with E-state index in [0.29, 0.717) is 13.0 Å². The molecule has 2 heterocycles. The number of nitrogens with one attached hydrogen (secondary N) is 1. The molecule has 0 amide bonds. The van der Waals surface area contributed by atoms with Crippen molar-refractivity contribution in [1.29, 1.82) is 0 Å². The first kappa shape index (κ1) is 14.6. The molecule has 0 aliphatic heterocycles. The lowest BCUT2D eigenvalue weighted by atomic mass is 10.1. The van der Waals surface area contributed by atoms with Crippen molar-refractivity contribution in [2.45, 2.75) is 19.4 Å². The van der Waals surface area contributed by atoms with Gasteiger partial charge in [-0.1, -0.05) is 30.3 Å². The number of benzene rings is 1. The second kappa shape index (κ2) is 5.81. The molecule has 0 spiro atoms. The largest absolute Gasteiger partial charge is 0.332 e. The van der Waals surface area contributed by atoms with Gasteiger partial charge in [0.2, 0.25) is 5.28 Å². The molecule has 0 unspecified atom stereocenters. The van der Waals surface area contributed by atoms with Crippen LogP contribution in [0.25, 0.3) is 11.2 Å². The summed E-state index contributed by atoms with van der Waals surface area (Å²) in [6.07, 6.45) is 1.50. The number of halogens is 1. The minimum atomic E-state index is -0.384. The second-order valence-corrected chi connectivity index (χ2v) is 5.47. The van der Waals surface area contributed by atoms with Crippen molar-refractivity contribution < 1.29 is 0 Å². The first-order valence-corrected chi connectivity index (χ1v) is 7.34.